The van der Waals surface area contributed by atoms with E-state index in [1.807, 2.05) is 0 Å². The molecule has 2 aromatic heterocycles. The van der Waals surface area contributed by atoms with Crippen LogP contribution in [0.4, 0.5) is 4.39 Å². The molecule has 0 aliphatic heterocycles. The van der Waals surface area contributed by atoms with Gasteiger partial charge in [0.05, 0.1) is 18.3 Å². The van der Waals surface area contributed by atoms with Crippen LogP contribution in [0.25, 0.3) is 10.2 Å². The second-order valence-corrected chi connectivity index (χ2v) is 7.02. The molecule has 0 atom stereocenters. The molecule has 4 rings (SSSR count). The highest BCUT2D eigenvalue weighted by Crippen LogP contribution is 2.33. The molecule has 1 aliphatic carbocycles. The lowest BCUT2D eigenvalue weighted by Gasteiger charge is -2.11. The molecule has 0 N–H and O–H groups in total. The predicted octanol–water partition coefficient (Wildman–Crippen LogP) is 3.55. The lowest BCUT2D eigenvalue weighted by molar-refractivity contribution is 0.295. The molecule has 6 heteroatoms. The van der Waals surface area contributed by atoms with Gasteiger partial charge in [-0.05, 0) is 55.5 Å². The average molecular weight is 344 g/mol. The highest BCUT2D eigenvalue weighted by Gasteiger charge is 2.19. The van der Waals surface area contributed by atoms with Crippen LogP contribution in [0.2, 0.25) is 0 Å². The number of rotatable bonds is 4. The fourth-order valence-electron chi connectivity index (χ4n) is 3.13. The van der Waals surface area contributed by atoms with E-state index in [2.05, 4.69) is 4.98 Å². The van der Waals surface area contributed by atoms with Gasteiger partial charge in [-0.25, -0.2) is 9.37 Å². The first-order chi connectivity index (χ1) is 11.7. The summed E-state index contributed by atoms with van der Waals surface area (Å²) in [5, 5.41) is 0.791. The smallest absolute Gasteiger partial charge is 0.262 e. The first-order valence-electron chi connectivity index (χ1n) is 8.10. The van der Waals surface area contributed by atoms with Crippen LogP contribution in [0.15, 0.2) is 35.4 Å². The maximum atomic E-state index is 12.9. The molecule has 0 unspecified atom stereocenters. The molecule has 2 heterocycles. The average Bonchev–Trinajstić information content (AvgIpc) is 2.98. The minimum absolute atomic E-state index is 0.0158. The van der Waals surface area contributed by atoms with Crippen LogP contribution in [0.5, 0.6) is 5.75 Å². The number of fused-ring (bicyclic) bond motifs is 3. The summed E-state index contributed by atoms with van der Waals surface area (Å²) in [5.41, 5.74) is 1.22. The van der Waals surface area contributed by atoms with Gasteiger partial charge in [0.1, 0.15) is 23.0 Å². The first-order valence-corrected chi connectivity index (χ1v) is 8.92. The standard InChI is InChI=1S/C18H17FN2O2S/c19-12-5-7-13(8-6-12)23-10-9-21-11-20-17-16(18(21)22)14-3-1-2-4-15(14)24-17/h5-8,11H,1-4,9-10H2. The molecular weight excluding hydrogens is 327 g/mol. The van der Waals surface area contributed by atoms with Gasteiger partial charge in [0, 0.05) is 4.88 Å². The van der Waals surface area contributed by atoms with E-state index in [9.17, 15) is 9.18 Å². The molecule has 0 radical (unpaired) electrons. The second kappa shape index (κ2) is 6.36. The predicted molar refractivity (Wildman–Crippen MR) is 92.4 cm³/mol. The summed E-state index contributed by atoms with van der Waals surface area (Å²) in [6.45, 7) is 0.759. The first kappa shape index (κ1) is 15.3. The van der Waals surface area contributed by atoms with Crippen molar-refractivity contribution in [1.29, 1.82) is 0 Å². The Kier molecular flexibility index (Phi) is 4.06. The Bertz CT molecular complexity index is 931. The molecule has 0 saturated carbocycles. The van der Waals surface area contributed by atoms with Gasteiger partial charge in [-0.3, -0.25) is 9.36 Å². The van der Waals surface area contributed by atoms with Gasteiger partial charge in [0.15, 0.2) is 0 Å². The minimum atomic E-state index is -0.296. The Hall–Kier alpha value is -2.21. The molecule has 0 fully saturated rings. The van der Waals surface area contributed by atoms with Gasteiger partial charge in [-0.15, -0.1) is 11.3 Å². The van der Waals surface area contributed by atoms with Crippen molar-refractivity contribution < 1.29 is 9.13 Å². The molecule has 3 aromatic rings. The maximum Gasteiger partial charge on any atom is 0.262 e. The van der Waals surface area contributed by atoms with Crippen molar-refractivity contribution in [2.24, 2.45) is 0 Å². The summed E-state index contributed by atoms with van der Waals surface area (Å²) in [7, 11) is 0. The van der Waals surface area contributed by atoms with E-state index in [0.29, 0.717) is 18.9 Å². The number of aryl methyl sites for hydroxylation is 2. The zero-order valence-electron chi connectivity index (χ0n) is 13.1. The number of aromatic nitrogens is 2. The Morgan fingerprint density at radius 3 is 2.83 bits per heavy atom. The minimum Gasteiger partial charge on any atom is -0.492 e. The molecular formula is C18H17FN2O2S. The largest absolute Gasteiger partial charge is 0.492 e. The molecule has 1 aromatic carbocycles. The van der Waals surface area contributed by atoms with E-state index < -0.39 is 0 Å². The fourth-order valence-corrected chi connectivity index (χ4v) is 4.35. The van der Waals surface area contributed by atoms with Gasteiger partial charge in [0.2, 0.25) is 0 Å². The van der Waals surface area contributed by atoms with Crippen LogP contribution in [0.3, 0.4) is 0 Å². The summed E-state index contributed by atoms with van der Waals surface area (Å²) in [6.07, 6.45) is 5.97. The van der Waals surface area contributed by atoms with Crippen molar-refractivity contribution in [3.05, 3.63) is 57.2 Å². The third-order valence-corrected chi connectivity index (χ3v) is 5.56. The van der Waals surface area contributed by atoms with E-state index in [1.165, 1.54) is 29.0 Å². The van der Waals surface area contributed by atoms with E-state index in [4.69, 9.17) is 4.74 Å². The van der Waals surface area contributed by atoms with E-state index >= 15 is 0 Å². The monoisotopic (exact) mass is 344 g/mol. The molecule has 124 valence electrons. The van der Waals surface area contributed by atoms with E-state index in [-0.39, 0.29) is 11.4 Å². The number of halogens is 1. The van der Waals surface area contributed by atoms with Crippen molar-refractivity contribution in [1.82, 2.24) is 9.55 Å². The van der Waals surface area contributed by atoms with E-state index in [0.717, 1.165) is 29.5 Å². The van der Waals surface area contributed by atoms with Gasteiger partial charge in [-0.1, -0.05) is 0 Å². The lowest BCUT2D eigenvalue weighted by Crippen LogP contribution is -2.24. The summed E-state index contributed by atoms with van der Waals surface area (Å²) in [5.74, 6) is 0.293. The Morgan fingerprint density at radius 2 is 2.00 bits per heavy atom. The molecule has 1 aliphatic rings. The topological polar surface area (TPSA) is 44.1 Å². The van der Waals surface area contributed by atoms with Crippen LogP contribution in [-0.2, 0) is 19.4 Å². The number of benzene rings is 1. The number of thiophene rings is 1. The molecule has 4 nitrogen and oxygen atoms in total. The summed E-state index contributed by atoms with van der Waals surface area (Å²) >= 11 is 1.65. The van der Waals surface area contributed by atoms with Crippen molar-refractivity contribution in [2.75, 3.05) is 6.61 Å². The van der Waals surface area contributed by atoms with Gasteiger partial charge >= 0.3 is 0 Å². The summed E-state index contributed by atoms with van der Waals surface area (Å²) in [6, 6.07) is 5.86. The van der Waals surface area contributed by atoms with Crippen molar-refractivity contribution >= 4 is 21.6 Å². The number of nitrogens with zero attached hydrogens (tertiary/aromatic N) is 2. The van der Waals surface area contributed by atoms with Crippen LogP contribution in [-0.4, -0.2) is 16.2 Å². The van der Waals surface area contributed by atoms with Crippen LogP contribution < -0.4 is 10.3 Å². The van der Waals surface area contributed by atoms with Crippen molar-refractivity contribution in [3.63, 3.8) is 0 Å². The normalized spacial score (nSPS) is 13.9. The van der Waals surface area contributed by atoms with Crippen molar-refractivity contribution in [3.8, 4) is 5.75 Å². The molecule has 0 amide bonds. The second-order valence-electron chi connectivity index (χ2n) is 5.94. The highest BCUT2D eigenvalue weighted by molar-refractivity contribution is 7.18. The molecule has 0 spiro atoms. The Labute approximate surface area is 142 Å². The Balaban J connectivity index is 1.55. The molecule has 0 saturated heterocycles. The zero-order valence-corrected chi connectivity index (χ0v) is 13.9. The highest BCUT2D eigenvalue weighted by atomic mass is 32.1. The number of hydrogen-bond donors (Lipinski definition) is 0. The lowest BCUT2D eigenvalue weighted by atomic mass is 9.97. The van der Waals surface area contributed by atoms with Gasteiger partial charge in [-0.2, -0.15) is 0 Å². The third-order valence-electron chi connectivity index (χ3n) is 4.36. The number of ether oxygens (including phenoxy) is 1. The SMILES string of the molecule is O=c1c2c3c(sc2ncn1CCOc1ccc(F)cc1)CCCC3. The molecule has 24 heavy (non-hydrogen) atoms. The van der Waals surface area contributed by atoms with Crippen LogP contribution in [0, 0.1) is 5.82 Å². The quantitative estimate of drug-likeness (QED) is 0.727. The number of hydrogen-bond acceptors (Lipinski definition) is 4. The van der Waals surface area contributed by atoms with Gasteiger partial charge in [0.25, 0.3) is 5.56 Å². The van der Waals surface area contributed by atoms with Crippen molar-refractivity contribution in [2.45, 2.75) is 32.2 Å². The van der Waals surface area contributed by atoms with Crippen LogP contribution in [0.1, 0.15) is 23.3 Å². The van der Waals surface area contributed by atoms with Gasteiger partial charge < -0.3 is 4.74 Å². The summed E-state index contributed by atoms with van der Waals surface area (Å²) in [4.78, 5) is 19.4. The Morgan fingerprint density at radius 1 is 1.21 bits per heavy atom. The maximum absolute atomic E-state index is 12.9. The van der Waals surface area contributed by atoms with E-state index in [1.54, 1.807) is 34.4 Å². The molecule has 0 bridgehead atoms. The van der Waals surface area contributed by atoms with Crippen LogP contribution >= 0.6 is 11.3 Å². The third kappa shape index (κ3) is 2.82. The summed E-state index contributed by atoms with van der Waals surface area (Å²) < 4.78 is 20.1. The fraction of sp³-hybridized carbons (Fsp3) is 0.333. The zero-order chi connectivity index (χ0) is 16.5.